The number of hydrazone groups is 1. The van der Waals surface area contributed by atoms with Gasteiger partial charge in [0.15, 0.2) is 11.5 Å². The van der Waals surface area contributed by atoms with Crippen LogP contribution in [0, 0.1) is 6.92 Å². The van der Waals surface area contributed by atoms with Gasteiger partial charge in [-0.3, -0.25) is 9.59 Å². The van der Waals surface area contributed by atoms with Crippen molar-refractivity contribution in [1.82, 2.24) is 15.0 Å². The number of ether oxygens (including phenoxy) is 2. The van der Waals surface area contributed by atoms with Gasteiger partial charge >= 0.3 is 5.97 Å². The number of aryl methyl sites for hydroxylation is 2. The van der Waals surface area contributed by atoms with Crippen molar-refractivity contribution in [1.29, 1.82) is 0 Å². The fraction of sp³-hybridized carbons (Fsp3) is 0.238. The topological polar surface area (TPSA) is 94.8 Å². The first-order valence-corrected chi connectivity index (χ1v) is 9.09. The van der Waals surface area contributed by atoms with Crippen molar-refractivity contribution < 1.29 is 19.1 Å². The predicted octanol–water partition coefficient (Wildman–Crippen LogP) is 3.06. The normalized spacial score (nSPS) is 11.0. The van der Waals surface area contributed by atoms with Gasteiger partial charge in [0.2, 0.25) is 0 Å². The van der Waals surface area contributed by atoms with E-state index in [2.05, 4.69) is 27.0 Å². The van der Waals surface area contributed by atoms with Crippen LogP contribution < -0.4 is 14.9 Å². The number of fused-ring (bicyclic) bond motifs is 1. The van der Waals surface area contributed by atoms with Crippen molar-refractivity contribution in [3.63, 3.8) is 0 Å². The minimum absolute atomic E-state index is 0.316. The Morgan fingerprint density at radius 3 is 2.69 bits per heavy atom. The van der Waals surface area contributed by atoms with E-state index in [0.29, 0.717) is 22.6 Å². The number of nitrogens with one attached hydrogen (secondary N) is 1. The molecule has 0 radical (unpaired) electrons. The lowest BCUT2D eigenvalue weighted by atomic mass is 10.2. The molecule has 0 aliphatic carbocycles. The van der Waals surface area contributed by atoms with Gasteiger partial charge in [-0.1, -0.05) is 0 Å². The Morgan fingerprint density at radius 2 is 2.00 bits per heavy atom. The van der Waals surface area contributed by atoms with Crippen LogP contribution in [0.1, 0.15) is 35.6 Å². The zero-order valence-electron chi connectivity index (χ0n) is 16.7. The second kappa shape index (κ2) is 8.55. The first kappa shape index (κ1) is 20.1. The van der Waals surface area contributed by atoms with Crippen LogP contribution in [0.2, 0.25) is 0 Å². The highest BCUT2D eigenvalue weighted by Crippen LogP contribution is 2.27. The molecule has 0 saturated carbocycles. The van der Waals surface area contributed by atoms with E-state index in [1.54, 1.807) is 30.3 Å². The third-order valence-corrected chi connectivity index (χ3v) is 4.34. The van der Waals surface area contributed by atoms with Crippen LogP contribution in [0.3, 0.4) is 0 Å². The van der Waals surface area contributed by atoms with Crippen molar-refractivity contribution in [2.45, 2.75) is 27.3 Å². The largest absolute Gasteiger partial charge is 0.493 e. The Labute approximate surface area is 168 Å². The zero-order chi connectivity index (χ0) is 21.0. The summed E-state index contributed by atoms with van der Waals surface area (Å²) in [6.07, 6.45) is 1.48. The second-order valence-electron chi connectivity index (χ2n) is 6.31. The van der Waals surface area contributed by atoms with Crippen LogP contribution >= 0.6 is 0 Å². The molecule has 0 aliphatic heterocycles. The average Bonchev–Trinajstić information content (AvgIpc) is 3.02. The molecule has 3 aromatic rings. The molecule has 8 nitrogen and oxygen atoms in total. The van der Waals surface area contributed by atoms with Crippen molar-refractivity contribution in [3.05, 3.63) is 53.3 Å². The number of aromatic nitrogens is 2. The van der Waals surface area contributed by atoms with E-state index in [0.717, 1.165) is 23.4 Å². The Kier molecular flexibility index (Phi) is 5.92. The fourth-order valence-corrected chi connectivity index (χ4v) is 3.02. The van der Waals surface area contributed by atoms with Crippen LogP contribution in [-0.4, -0.2) is 34.8 Å². The Bertz CT molecular complexity index is 1100. The van der Waals surface area contributed by atoms with Crippen LogP contribution in [0.5, 0.6) is 11.5 Å². The van der Waals surface area contributed by atoms with Gasteiger partial charge in [0.05, 0.1) is 24.4 Å². The molecule has 150 valence electrons. The minimum atomic E-state index is -0.437. The van der Waals surface area contributed by atoms with Crippen LogP contribution in [0.4, 0.5) is 0 Å². The third-order valence-electron chi connectivity index (χ3n) is 4.34. The number of hydrogen-bond acceptors (Lipinski definition) is 6. The highest BCUT2D eigenvalue weighted by atomic mass is 16.6. The summed E-state index contributed by atoms with van der Waals surface area (Å²) in [5.74, 6) is 0.839. The van der Waals surface area contributed by atoms with E-state index >= 15 is 0 Å². The molecule has 29 heavy (non-hydrogen) atoms. The second-order valence-corrected chi connectivity index (χ2v) is 6.31. The third kappa shape index (κ3) is 4.43. The highest BCUT2D eigenvalue weighted by molar-refractivity contribution is 5.98. The first-order valence-electron chi connectivity index (χ1n) is 9.09. The number of carbonyl (C=O) groups excluding carboxylic acids is 2. The first-order chi connectivity index (χ1) is 13.9. The summed E-state index contributed by atoms with van der Waals surface area (Å²) in [4.78, 5) is 28.0. The van der Waals surface area contributed by atoms with E-state index in [4.69, 9.17) is 9.47 Å². The Balaban J connectivity index is 1.72. The van der Waals surface area contributed by atoms with Gasteiger partial charge in [-0.25, -0.2) is 10.4 Å². The van der Waals surface area contributed by atoms with Gasteiger partial charge in [0.25, 0.3) is 5.91 Å². The summed E-state index contributed by atoms with van der Waals surface area (Å²) < 4.78 is 12.4. The maximum Gasteiger partial charge on any atom is 0.308 e. The SMILES string of the molecule is CCn1c(C)nc2cc(C(=O)N/N=C\c3ccc(OC(C)=O)c(OC)c3)ccc21. The molecule has 3 rings (SSSR count). The number of methoxy groups -OCH3 is 1. The van der Waals surface area contributed by atoms with Crippen LogP contribution in [0.15, 0.2) is 41.5 Å². The molecule has 0 bridgehead atoms. The lowest BCUT2D eigenvalue weighted by Crippen LogP contribution is -2.17. The number of rotatable bonds is 6. The molecular formula is C21H22N4O4. The number of amides is 1. The molecule has 0 aliphatic rings. The summed E-state index contributed by atoms with van der Waals surface area (Å²) in [6.45, 7) is 6.12. The molecule has 1 N–H and O–H groups in total. The zero-order valence-corrected chi connectivity index (χ0v) is 16.7. The summed E-state index contributed by atoms with van der Waals surface area (Å²) >= 11 is 0. The van der Waals surface area contributed by atoms with Gasteiger partial charge in [-0.2, -0.15) is 5.10 Å². The molecule has 0 unspecified atom stereocenters. The molecule has 1 heterocycles. The highest BCUT2D eigenvalue weighted by Gasteiger charge is 2.11. The standard InChI is InChI=1S/C21H22N4O4/c1-5-25-13(2)23-17-11-16(7-8-18(17)25)21(27)24-22-12-15-6-9-19(29-14(3)26)20(10-15)28-4/h6-12H,5H2,1-4H3,(H,24,27)/b22-12-. The molecule has 1 aromatic heterocycles. The molecule has 0 saturated heterocycles. The molecule has 8 heteroatoms. The number of imidazole rings is 1. The monoisotopic (exact) mass is 394 g/mol. The van der Waals surface area contributed by atoms with E-state index in [1.807, 2.05) is 13.0 Å². The Hall–Kier alpha value is -3.68. The summed E-state index contributed by atoms with van der Waals surface area (Å²) in [6, 6.07) is 10.3. The molecule has 2 aromatic carbocycles. The minimum Gasteiger partial charge on any atom is -0.493 e. The van der Waals surface area contributed by atoms with Crippen molar-refractivity contribution >= 4 is 29.1 Å². The summed E-state index contributed by atoms with van der Waals surface area (Å²) in [7, 11) is 1.47. The number of benzene rings is 2. The maximum atomic E-state index is 12.4. The van der Waals surface area contributed by atoms with E-state index in [9.17, 15) is 9.59 Å². The Morgan fingerprint density at radius 1 is 1.21 bits per heavy atom. The smallest absolute Gasteiger partial charge is 0.308 e. The van der Waals surface area contributed by atoms with Crippen LogP contribution in [0.25, 0.3) is 11.0 Å². The molecule has 1 amide bonds. The fourth-order valence-electron chi connectivity index (χ4n) is 3.02. The quantitative estimate of drug-likeness (QED) is 0.300. The van der Waals surface area contributed by atoms with E-state index in [-0.39, 0.29) is 5.91 Å². The lowest BCUT2D eigenvalue weighted by molar-refractivity contribution is -0.132. The van der Waals surface area contributed by atoms with Crippen molar-refractivity contribution in [2.75, 3.05) is 7.11 Å². The van der Waals surface area contributed by atoms with E-state index < -0.39 is 5.97 Å². The summed E-state index contributed by atoms with van der Waals surface area (Å²) in [5, 5.41) is 3.99. The number of carbonyl (C=O) groups is 2. The van der Waals surface area contributed by atoms with Gasteiger partial charge in [-0.15, -0.1) is 0 Å². The van der Waals surface area contributed by atoms with Gasteiger partial charge in [0.1, 0.15) is 5.82 Å². The van der Waals surface area contributed by atoms with E-state index in [1.165, 1.54) is 20.2 Å². The maximum absolute atomic E-state index is 12.4. The van der Waals surface area contributed by atoms with Gasteiger partial charge < -0.3 is 14.0 Å². The van der Waals surface area contributed by atoms with Gasteiger partial charge in [-0.05, 0) is 55.8 Å². The molecule has 0 spiro atoms. The summed E-state index contributed by atoms with van der Waals surface area (Å²) in [5.41, 5.74) is 5.41. The van der Waals surface area contributed by atoms with Gasteiger partial charge in [0, 0.05) is 19.0 Å². The average molecular weight is 394 g/mol. The molecular weight excluding hydrogens is 372 g/mol. The lowest BCUT2D eigenvalue weighted by Gasteiger charge is -2.08. The predicted molar refractivity (Wildman–Crippen MR) is 110 cm³/mol. The van der Waals surface area contributed by atoms with Crippen molar-refractivity contribution in [2.24, 2.45) is 5.10 Å². The molecule has 0 atom stereocenters. The number of hydrogen-bond donors (Lipinski definition) is 1. The molecule has 0 fully saturated rings. The number of esters is 1. The number of nitrogens with zero attached hydrogens (tertiary/aromatic N) is 3. The van der Waals surface area contributed by atoms with Crippen molar-refractivity contribution in [3.8, 4) is 11.5 Å². The van der Waals surface area contributed by atoms with Crippen LogP contribution in [-0.2, 0) is 11.3 Å².